The quantitative estimate of drug-likeness (QED) is 0.150. The lowest BCUT2D eigenvalue weighted by Gasteiger charge is -2.31. The first kappa shape index (κ1) is 28.8. The van der Waals surface area contributed by atoms with E-state index in [1.165, 1.54) is 12.1 Å². The molecule has 2 amide bonds. The monoisotopic (exact) mass is 588 g/mol. The summed E-state index contributed by atoms with van der Waals surface area (Å²) in [4.78, 5) is 43.6. The molecule has 0 aliphatic carbocycles. The van der Waals surface area contributed by atoms with Crippen molar-refractivity contribution in [1.29, 1.82) is 0 Å². The Bertz CT molecular complexity index is 1560. The zero-order chi connectivity index (χ0) is 29.6. The first-order valence-electron chi connectivity index (χ1n) is 13.4. The number of imidazole rings is 1. The number of aromatic amines is 1. The minimum Gasteiger partial charge on any atom is -0.492 e. The van der Waals surface area contributed by atoms with Crippen LogP contribution in [0.5, 0.6) is 5.75 Å². The van der Waals surface area contributed by atoms with Gasteiger partial charge in [0.15, 0.2) is 0 Å². The van der Waals surface area contributed by atoms with Crippen molar-refractivity contribution in [2.45, 2.75) is 37.4 Å². The predicted octanol–water partition coefficient (Wildman–Crippen LogP) is 4.19. The van der Waals surface area contributed by atoms with Gasteiger partial charge in [-0.15, -0.1) is 0 Å². The number of benzene rings is 3. The summed E-state index contributed by atoms with van der Waals surface area (Å²) in [6, 6.07) is 17.4. The second kappa shape index (κ2) is 12.8. The Balaban J connectivity index is 1.35. The lowest BCUT2D eigenvalue weighted by Crippen LogP contribution is -2.46. The number of carbonyl (C=O) groups is 2. The summed E-state index contributed by atoms with van der Waals surface area (Å²) in [6.45, 7) is 0.367. The van der Waals surface area contributed by atoms with Crippen LogP contribution in [0.25, 0.3) is 0 Å². The number of hydrogen-bond acceptors (Lipinski definition) is 7. The van der Waals surface area contributed by atoms with Crippen molar-refractivity contribution >= 4 is 29.1 Å². The third-order valence-electron chi connectivity index (χ3n) is 7.20. The fraction of sp³-hybridized carbons (Fsp3) is 0.233. The molecule has 1 aromatic heterocycles. The second-order valence-electron chi connectivity index (χ2n) is 10.0. The highest BCUT2D eigenvalue weighted by atomic mass is 35.5. The molecule has 2 heterocycles. The highest BCUT2D eigenvalue weighted by Gasteiger charge is 2.30. The van der Waals surface area contributed by atoms with Crippen LogP contribution in [0.3, 0.4) is 0 Å². The molecule has 0 spiro atoms. The summed E-state index contributed by atoms with van der Waals surface area (Å²) in [5, 5.41) is 18.1. The number of hydrogen-bond donors (Lipinski definition) is 4. The minimum atomic E-state index is -0.932. The van der Waals surface area contributed by atoms with Gasteiger partial charge in [0.05, 0.1) is 35.2 Å². The Kier molecular flexibility index (Phi) is 8.80. The van der Waals surface area contributed by atoms with Crippen LogP contribution in [0.2, 0.25) is 5.02 Å². The number of fused-ring (bicyclic) bond motifs is 1. The maximum Gasteiger partial charge on any atom is 0.269 e. The van der Waals surface area contributed by atoms with Gasteiger partial charge in [-0.25, -0.2) is 4.98 Å². The van der Waals surface area contributed by atoms with Crippen LogP contribution in [-0.2, 0) is 17.6 Å². The van der Waals surface area contributed by atoms with Crippen LogP contribution in [0.15, 0.2) is 79.3 Å². The van der Waals surface area contributed by atoms with Gasteiger partial charge in [0, 0.05) is 47.8 Å². The molecule has 1 aliphatic rings. The maximum absolute atomic E-state index is 13.4. The normalized spacial score (nSPS) is 15.6. The standard InChI is InChI=1S/C30H29ClN6O5/c31-20-8-4-18(5-9-20)15-26(29(32)38)36-30(39)23-3-1-2-22-24(12-13-42-28(22)23)35-25(27-16-33-17-34-27)14-19-6-10-21(11-7-19)37(40)41/h1-11,16-17,24-26,35H,12-15H2,(H2,32,38)(H,33,34)(H,36,39)/t24?,25?,26-/m0/s1. The Morgan fingerprint density at radius 2 is 1.81 bits per heavy atom. The fourth-order valence-corrected chi connectivity index (χ4v) is 5.17. The summed E-state index contributed by atoms with van der Waals surface area (Å²) < 4.78 is 5.99. The van der Waals surface area contributed by atoms with E-state index in [4.69, 9.17) is 22.1 Å². The van der Waals surface area contributed by atoms with Crippen LogP contribution >= 0.6 is 11.6 Å². The van der Waals surface area contributed by atoms with Gasteiger partial charge in [-0.3, -0.25) is 19.7 Å². The molecule has 0 fully saturated rings. The van der Waals surface area contributed by atoms with Gasteiger partial charge in [0.25, 0.3) is 11.6 Å². The molecule has 216 valence electrons. The zero-order valence-corrected chi connectivity index (χ0v) is 23.2. The van der Waals surface area contributed by atoms with Gasteiger partial charge in [-0.1, -0.05) is 48.0 Å². The number of halogens is 1. The number of amides is 2. The van der Waals surface area contributed by atoms with Gasteiger partial charge >= 0.3 is 0 Å². The Morgan fingerprint density at radius 1 is 1.10 bits per heavy atom. The second-order valence-corrected chi connectivity index (χ2v) is 10.5. The van der Waals surface area contributed by atoms with Gasteiger partial charge in [-0.2, -0.15) is 0 Å². The molecule has 5 rings (SSSR count). The Morgan fingerprint density at radius 3 is 2.48 bits per heavy atom. The molecule has 3 atom stereocenters. The molecule has 12 heteroatoms. The van der Waals surface area contributed by atoms with E-state index in [-0.39, 0.29) is 24.2 Å². The lowest BCUT2D eigenvalue weighted by molar-refractivity contribution is -0.384. The molecular formula is C30H29ClN6O5. The molecule has 0 bridgehead atoms. The van der Waals surface area contributed by atoms with Crippen LogP contribution in [0.1, 0.15) is 51.2 Å². The SMILES string of the molecule is NC(=O)[C@H](Cc1ccc(Cl)cc1)NC(=O)c1cccc2c1OCCC2NC(Cc1ccc([N+](=O)[O-])cc1)c1cnc[nH]1. The summed E-state index contributed by atoms with van der Waals surface area (Å²) in [5.41, 5.74) is 9.32. The van der Waals surface area contributed by atoms with Crippen LogP contribution in [-0.4, -0.2) is 39.4 Å². The molecule has 11 nitrogen and oxygen atoms in total. The Hall–Kier alpha value is -4.74. The van der Waals surface area contributed by atoms with Crippen molar-refractivity contribution in [2.24, 2.45) is 5.73 Å². The number of para-hydroxylation sites is 1. The fourth-order valence-electron chi connectivity index (χ4n) is 5.04. The zero-order valence-electron chi connectivity index (χ0n) is 22.5. The number of nitro benzene ring substituents is 1. The van der Waals surface area contributed by atoms with E-state index in [2.05, 4.69) is 20.6 Å². The highest BCUT2D eigenvalue weighted by Crippen LogP contribution is 2.37. The smallest absolute Gasteiger partial charge is 0.269 e. The third-order valence-corrected chi connectivity index (χ3v) is 7.46. The van der Waals surface area contributed by atoms with Crippen LogP contribution in [0.4, 0.5) is 5.69 Å². The number of non-ortho nitro benzene ring substituents is 1. The molecular weight excluding hydrogens is 560 g/mol. The van der Waals surface area contributed by atoms with Crippen molar-refractivity contribution in [2.75, 3.05) is 6.61 Å². The van der Waals surface area contributed by atoms with Crippen LogP contribution < -0.4 is 21.1 Å². The number of primary amides is 1. The van der Waals surface area contributed by atoms with E-state index in [0.29, 0.717) is 35.8 Å². The molecule has 3 aromatic carbocycles. The van der Waals surface area contributed by atoms with E-state index < -0.39 is 22.8 Å². The molecule has 2 unspecified atom stereocenters. The van der Waals surface area contributed by atoms with E-state index >= 15 is 0 Å². The topological polar surface area (TPSA) is 165 Å². The molecule has 0 saturated heterocycles. The van der Waals surface area contributed by atoms with Crippen molar-refractivity contribution in [3.05, 3.63) is 122 Å². The largest absolute Gasteiger partial charge is 0.492 e. The third kappa shape index (κ3) is 6.76. The van der Waals surface area contributed by atoms with Crippen molar-refractivity contribution in [3.63, 3.8) is 0 Å². The minimum absolute atomic E-state index is 0.0284. The molecule has 42 heavy (non-hydrogen) atoms. The average molecular weight is 589 g/mol. The molecule has 0 saturated carbocycles. The summed E-state index contributed by atoms with van der Waals surface area (Å²) in [7, 11) is 0. The number of rotatable bonds is 11. The Labute approximate surface area is 246 Å². The number of nitrogens with one attached hydrogen (secondary N) is 3. The van der Waals surface area contributed by atoms with E-state index in [0.717, 1.165) is 22.4 Å². The van der Waals surface area contributed by atoms with E-state index in [9.17, 15) is 19.7 Å². The van der Waals surface area contributed by atoms with Crippen molar-refractivity contribution < 1.29 is 19.2 Å². The molecule has 0 radical (unpaired) electrons. The maximum atomic E-state index is 13.4. The number of H-pyrrole nitrogens is 1. The number of carbonyl (C=O) groups excluding carboxylic acids is 2. The molecule has 1 aliphatic heterocycles. The average Bonchev–Trinajstić information content (AvgIpc) is 3.53. The van der Waals surface area contributed by atoms with E-state index in [1.807, 2.05) is 6.07 Å². The lowest BCUT2D eigenvalue weighted by atomic mass is 9.94. The van der Waals surface area contributed by atoms with Crippen molar-refractivity contribution in [1.82, 2.24) is 20.6 Å². The number of ether oxygens (including phenoxy) is 1. The number of nitrogens with zero attached hydrogens (tertiary/aromatic N) is 2. The van der Waals surface area contributed by atoms with Gasteiger partial charge < -0.3 is 26.1 Å². The van der Waals surface area contributed by atoms with Crippen LogP contribution in [0, 0.1) is 10.1 Å². The van der Waals surface area contributed by atoms with E-state index in [1.54, 1.807) is 61.1 Å². The molecule has 4 aromatic rings. The first-order chi connectivity index (χ1) is 20.3. The number of aromatic nitrogens is 2. The molecule has 5 N–H and O–H groups in total. The van der Waals surface area contributed by atoms with Gasteiger partial charge in [0.2, 0.25) is 5.91 Å². The number of nitro groups is 1. The first-order valence-corrected chi connectivity index (χ1v) is 13.7. The number of nitrogens with two attached hydrogens (primary N) is 1. The van der Waals surface area contributed by atoms with Crippen molar-refractivity contribution in [3.8, 4) is 5.75 Å². The summed E-state index contributed by atoms with van der Waals surface area (Å²) >= 11 is 5.96. The van der Waals surface area contributed by atoms with Gasteiger partial charge in [0.1, 0.15) is 11.8 Å². The summed E-state index contributed by atoms with van der Waals surface area (Å²) in [5.74, 6) is -0.689. The highest BCUT2D eigenvalue weighted by molar-refractivity contribution is 6.30. The summed E-state index contributed by atoms with van der Waals surface area (Å²) in [6.07, 6.45) is 4.73. The van der Waals surface area contributed by atoms with Gasteiger partial charge in [-0.05, 0) is 35.7 Å². The predicted molar refractivity (Wildman–Crippen MR) is 156 cm³/mol.